The number of amides is 2. The number of hydrogen-bond donors (Lipinski definition) is 3. The zero-order chi connectivity index (χ0) is 23.0. The zero-order valence-electron chi connectivity index (χ0n) is 16.7. The van der Waals surface area contributed by atoms with Gasteiger partial charge in [-0.15, -0.1) is 10.2 Å². The van der Waals surface area contributed by atoms with Crippen LogP contribution in [0.15, 0.2) is 59.5 Å². The van der Waals surface area contributed by atoms with Crippen LogP contribution < -0.4 is 15.4 Å². The van der Waals surface area contributed by atoms with E-state index in [1.54, 1.807) is 42.5 Å². The van der Waals surface area contributed by atoms with E-state index in [1.807, 2.05) is 0 Å². The van der Waals surface area contributed by atoms with Gasteiger partial charge >= 0.3 is 0 Å². The first-order valence-electron chi connectivity index (χ1n) is 9.55. The summed E-state index contributed by atoms with van der Waals surface area (Å²) < 4.78 is 26.6. The van der Waals surface area contributed by atoms with Gasteiger partial charge in [0.25, 0.3) is 5.91 Å². The first kappa shape index (κ1) is 23.8. The SMILES string of the molecule is O=C(CCNS(=O)(=O)c1ccccc1)Nc1nnc(CCNC(=O)c2ccccc2Cl)s1. The molecule has 0 aliphatic rings. The van der Waals surface area contributed by atoms with Gasteiger partial charge in [0, 0.05) is 25.9 Å². The largest absolute Gasteiger partial charge is 0.352 e. The zero-order valence-corrected chi connectivity index (χ0v) is 19.1. The van der Waals surface area contributed by atoms with Crippen molar-refractivity contribution < 1.29 is 18.0 Å². The number of anilines is 1. The van der Waals surface area contributed by atoms with Crippen LogP contribution in [0, 0.1) is 0 Å². The summed E-state index contributed by atoms with van der Waals surface area (Å²) in [7, 11) is -3.66. The molecule has 12 heteroatoms. The Morgan fingerprint density at radius 2 is 1.69 bits per heavy atom. The third-order valence-electron chi connectivity index (χ3n) is 4.15. The molecule has 0 aliphatic carbocycles. The van der Waals surface area contributed by atoms with E-state index < -0.39 is 15.9 Å². The Morgan fingerprint density at radius 3 is 2.44 bits per heavy atom. The molecular weight excluding hydrogens is 474 g/mol. The molecule has 3 rings (SSSR count). The van der Waals surface area contributed by atoms with Gasteiger partial charge < -0.3 is 10.6 Å². The molecule has 2 amide bonds. The summed E-state index contributed by atoms with van der Waals surface area (Å²) in [6.07, 6.45) is 0.371. The summed E-state index contributed by atoms with van der Waals surface area (Å²) in [5.74, 6) is -0.679. The average Bonchev–Trinajstić information content (AvgIpc) is 3.21. The van der Waals surface area contributed by atoms with Crippen molar-refractivity contribution in [2.24, 2.45) is 0 Å². The van der Waals surface area contributed by atoms with Gasteiger partial charge in [0.15, 0.2) is 0 Å². The van der Waals surface area contributed by atoms with Crippen LogP contribution >= 0.6 is 22.9 Å². The highest BCUT2D eigenvalue weighted by atomic mass is 35.5. The van der Waals surface area contributed by atoms with Crippen LogP contribution in [0.3, 0.4) is 0 Å². The van der Waals surface area contributed by atoms with E-state index in [1.165, 1.54) is 23.5 Å². The van der Waals surface area contributed by atoms with Crippen molar-refractivity contribution in [2.75, 3.05) is 18.4 Å². The predicted octanol–water partition coefficient (Wildman–Crippen LogP) is 2.47. The number of carbonyl (C=O) groups is 2. The summed E-state index contributed by atoms with van der Waals surface area (Å²) in [6.45, 7) is 0.275. The molecule has 0 unspecified atom stereocenters. The van der Waals surface area contributed by atoms with E-state index in [4.69, 9.17) is 11.6 Å². The van der Waals surface area contributed by atoms with Crippen LogP contribution in [0.4, 0.5) is 5.13 Å². The second-order valence-electron chi connectivity index (χ2n) is 6.50. The van der Waals surface area contributed by atoms with Gasteiger partial charge in [-0.3, -0.25) is 9.59 Å². The molecule has 0 spiro atoms. The van der Waals surface area contributed by atoms with Crippen LogP contribution in [0.25, 0.3) is 0 Å². The smallest absolute Gasteiger partial charge is 0.252 e. The van der Waals surface area contributed by atoms with E-state index in [2.05, 4.69) is 25.6 Å². The number of halogens is 1. The lowest BCUT2D eigenvalue weighted by atomic mass is 10.2. The second-order valence-corrected chi connectivity index (χ2v) is 9.73. The van der Waals surface area contributed by atoms with Gasteiger partial charge in [-0.05, 0) is 24.3 Å². The minimum Gasteiger partial charge on any atom is -0.352 e. The molecule has 0 atom stereocenters. The van der Waals surface area contributed by atoms with Crippen molar-refractivity contribution in [3.63, 3.8) is 0 Å². The molecule has 0 fully saturated rings. The van der Waals surface area contributed by atoms with Gasteiger partial charge in [-0.25, -0.2) is 13.1 Å². The van der Waals surface area contributed by atoms with Crippen molar-refractivity contribution in [1.29, 1.82) is 0 Å². The van der Waals surface area contributed by atoms with E-state index in [9.17, 15) is 18.0 Å². The predicted molar refractivity (Wildman–Crippen MR) is 122 cm³/mol. The quantitative estimate of drug-likeness (QED) is 0.397. The van der Waals surface area contributed by atoms with Crippen molar-refractivity contribution >= 4 is 49.9 Å². The molecule has 2 aromatic carbocycles. The van der Waals surface area contributed by atoms with Gasteiger partial charge in [0.2, 0.25) is 21.1 Å². The normalized spacial score (nSPS) is 11.2. The minimum absolute atomic E-state index is 0.0528. The van der Waals surface area contributed by atoms with Crippen molar-refractivity contribution in [2.45, 2.75) is 17.7 Å². The highest BCUT2D eigenvalue weighted by molar-refractivity contribution is 7.89. The Hall–Kier alpha value is -2.86. The van der Waals surface area contributed by atoms with E-state index in [0.717, 1.165) is 0 Å². The van der Waals surface area contributed by atoms with Gasteiger partial charge in [-0.2, -0.15) is 0 Å². The third-order valence-corrected chi connectivity index (χ3v) is 6.86. The Morgan fingerprint density at radius 1 is 0.969 bits per heavy atom. The lowest BCUT2D eigenvalue weighted by molar-refractivity contribution is -0.116. The molecule has 0 aliphatic heterocycles. The van der Waals surface area contributed by atoms with E-state index in [0.29, 0.717) is 33.7 Å². The first-order valence-corrected chi connectivity index (χ1v) is 12.2. The van der Waals surface area contributed by atoms with E-state index >= 15 is 0 Å². The van der Waals surface area contributed by atoms with Crippen LogP contribution in [0.5, 0.6) is 0 Å². The Kier molecular flexibility index (Phi) is 8.28. The van der Waals surface area contributed by atoms with Crippen LogP contribution in [-0.4, -0.2) is 43.5 Å². The molecule has 1 aromatic heterocycles. The lowest BCUT2D eigenvalue weighted by Gasteiger charge is -2.06. The summed E-state index contributed by atoms with van der Waals surface area (Å²) in [5.41, 5.74) is 0.391. The average molecular weight is 494 g/mol. The second kappa shape index (κ2) is 11.1. The molecule has 0 bridgehead atoms. The molecule has 168 valence electrons. The topological polar surface area (TPSA) is 130 Å². The summed E-state index contributed by atoms with van der Waals surface area (Å²) in [6, 6.07) is 14.7. The number of hydrogen-bond acceptors (Lipinski definition) is 7. The Labute approximate surface area is 194 Å². The molecular formula is C20H20ClN5O4S2. The van der Waals surface area contributed by atoms with Crippen molar-refractivity contribution in [3.8, 4) is 0 Å². The number of carbonyl (C=O) groups excluding carboxylic acids is 2. The number of benzene rings is 2. The van der Waals surface area contributed by atoms with E-state index in [-0.39, 0.29) is 23.8 Å². The lowest BCUT2D eigenvalue weighted by Crippen LogP contribution is -2.27. The Bertz CT molecular complexity index is 1190. The fourth-order valence-electron chi connectivity index (χ4n) is 2.59. The maximum atomic E-state index is 12.1. The monoisotopic (exact) mass is 493 g/mol. The minimum atomic E-state index is -3.66. The standard InChI is InChI=1S/C20H20ClN5O4S2/c21-16-9-5-4-8-15(16)19(28)22-12-11-18-25-26-20(31-18)24-17(27)10-13-23-32(29,30)14-6-2-1-3-7-14/h1-9,23H,10-13H2,(H,22,28)(H,24,26,27). The Balaban J connectivity index is 1.40. The molecule has 3 aromatic rings. The molecule has 0 radical (unpaired) electrons. The molecule has 1 heterocycles. The number of rotatable bonds is 10. The number of nitrogens with zero attached hydrogens (tertiary/aromatic N) is 2. The molecule has 0 saturated carbocycles. The number of sulfonamides is 1. The van der Waals surface area contributed by atoms with Gasteiger partial charge in [0.05, 0.1) is 15.5 Å². The molecule has 9 nitrogen and oxygen atoms in total. The summed E-state index contributed by atoms with van der Waals surface area (Å²) >= 11 is 7.18. The molecule has 3 N–H and O–H groups in total. The van der Waals surface area contributed by atoms with Crippen LogP contribution in [-0.2, 0) is 21.2 Å². The van der Waals surface area contributed by atoms with Gasteiger partial charge in [-0.1, -0.05) is 53.3 Å². The van der Waals surface area contributed by atoms with Gasteiger partial charge in [0.1, 0.15) is 5.01 Å². The van der Waals surface area contributed by atoms with Crippen LogP contribution in [0.2, 0.25) is 5.02 Å². The first-order chi connectivity index (χ1) is 15.3. The number of nitrogens with one attached hydrogen (secondary N) is 3. The maximum absolute atomic E-state index is 12.1. The highest BCUT2D eigenvalue weighted by Gasteiger charge is 2.14. The van der Waals surface area contributed by atoms with Crippen LogP contribution in [0.1, 0.15) is 21.8 Å². The highest BCUT2D eigenvalue weighted by Crippen LogP contribution is 2.17. The summed E-state index contributed by atoms with van der Waals surface area (Å²) in [4.78, 5) is 24.3. The third kappa shape index (κ3) is 6.82. The maximum Gasteiger partial charge on any atom is 0.252 e. The molecule has 32 heavy (non-hydrogen) atoms. The fraction of sp³-hybridized carbons (Fsp3) is 0.200. The van der Waals surface area contributed by atoms with Crippen molar-refractivity contribution in [3.05, 3.63) is 70.2 Å². The number of aromatic nitrogens is 2. The van der Waals surface area contributed by atoms with Crippen molar-refractivity contribution in [1.82, 2.24) is 20.2 Å². The molecule has 0 saturated heterocycles. The summed E-state index contributed by atoms with van der Waals surface area (Å²) in [5, 5.41) is 14.5. The fourth-order valence-corrected chi connectivity index (χ4v) is 4.62.